The highest BCUT2D eigenvalue weighted by Gasteiger charge is 2.02. The molecule has 5 heteroatoms. The van der Waals surface area contributed by atoms with Crippen LogP contribution in [0.15, 0.2) is 12.4 Å². The van der Waals surface area contributed by atoms with E-state index in [0.717, 1.165) is 19.3 Å². The molecule has 86 valence electrons. The molecule has 1 aromatic heterocycles. The second-order valence-electron chi connectivity index (χ2n) is 3.48. The van der Waals surface area contributed by atoms with E-state index in [2.05, 4.69) is 16.3 Å². The van der Waals surface area contributed by atoms with E-state index in [1.54, 1.807) is 6.20 Å². The van der Waals surface area contributed by atoms with Gasteiger partial charge in [0.2, 0.25) is 5.91 Å². The Hall–Kier alpha value is -1.96. The fourth-order valence-corrected chi connectivity index (χ4v) is 1.25. The van der Waals surface area contributed by atoms with Crippen LogP contribution in [-0.4, -0.2) is 22.2 Å². The first-order valence-corrected chi connectivity index (χ1v) is 5.20. The molecule has 0 saturated carbocycles. The van der Waals surface area contributed by atoms with Crippen LogP contribution in [0.1, 0.15) is 19.3 Å². The number of nitrogens with one attached hydrogen (secondary N) is 1. The highest BCUT2D eigenvalue weighted by atomic mass is 16.2. The van der Waals surface area contributed by atoms with Crippen LogP contribution in [0.3, 0.4) is 0 Å². The highest BCUT2D eigenvalue weighted by Crippen LogP contribution is 1.97. The molecule has 0 aliphatic carbocycles. The first-order valence-electron chi connectivity index (χ1n) is 5.20. The molecule has 1 amide bonds. The van der Waals surface area contributed by atoms with Gasteiger partial charge in [-0.05, 0) is 12.8 Å². The van der Waals surface area contributed by atoms with Gasteiger partial charge in [0.15, 0.2) is 0 Å². The van der Waals surface area contributed by atoms with Crippen molar-refractivity contribution in [2.75, 3.05) is 12.3 Å². The van der Waals surface area contributed by atoms with E-state index in [4.69, 9.17) is 12.2 Å². The van der Waals surface area contributed by atoms with Crippen molar-refractivity contribution in [1.29, 1.82) is 0 Å². The summed E-state index contributed by atoms with van der Waals surface area (Å²) >= 11 is 0. The minimum Gasteiger partial charge on any atom is -0.396 e. The Balaban J connectivity index is 2.14. The summed E-state index contributed by atoms with van der Waals surface area (Å²) in [7, 11) is 0. The maximum Gasteiger partial charge on any atom is 0.241 e. The fraction of sp³-hybridized carbons (Fsp3) is 0.455. The molecule has 0 unspecified atom stereocenters. The number of unbranched alkanes of at least 4 members (excludes halogenated alkanes) is 2. The molecule has 0 fully saturated rings. The van der Waals surface area contributed by atoms with Crippen molar-refractivity contribution in [3.8, 4) is 12.3 Å². The molecule has 1 aromatic rings. The average Bonchev–Trinajstić information content (AvgIpc) is 2.63. The average molecular weight is 220 g/mol. The normalized spacial score (nSPS) is 9.69. The number of aromatic nitrogens is 2. The molecule has 1 rings (SSSR count). The first-order chi connectivity index (χ1) is 7.72. The predicted molar refractivity (Wildman–Crippen MR) is 62.3 cm³/mol. The third kappa shape index (κ3) is 4.51. The topological polar surface area (TPSA) is 72.9 Å². The number of nitrogen functional groups attached to an aromatic ring is 1. The first kappa shape index (κ1) is 12.1. The summed E-state index contributed by atoms with van der Waals surface area (Å²) in [5.74, 6) is 2.49. The van der Waals surface area contributed by atoms with E-state index in [-0.39, 0.29) is 12.5 Å². The second-order valence-corrected chi connectivity index (χ2v) is 3.48. The summed E-state index contributed by atoms with van der Waals surface area (Å²) in [6.45, 7) is 0.851. The van der Waals surface area contributed by atoms with Gasteiger partial charge in [0.05, 0.1) is 11.9 Å². The molecule has 0 radical (unpaired) electrons. The Morgan fingerprint density at radius 3 is 3.06 bits per heavy atom. The third-order valence-corrected chi connectivity index (χ3v) is 2.03. The van der Waals surface area contributed by atoms with E-state index in [1.165, 1.54) is 10.9 Å². The van der Waals surface area contributed by atoms with Crippen LogP contribution < -0.4 is 11.1 Å². The number of hydrogen-bond donors (Lipinski definition) is 2. The summed E-state index contributed by atoms with van der Waals surface area (Å²) in [5.41, 5.74) is 6.03. The molecule has 1 heterocycles. The monoisotopic (exact) mass is 220 g/mol. The van der Waals surface area contributed by atoms with Gasteiger partial charge >= 0.3 is 0 Å². The van der Waals surface area contributed by atoms with Gasteiger partial charge in [-0.15, -0.1) is 12.3 Å². The van der Waals surface area contributed by atoms with Gasteiger partial charge in [-0.3, -0.25) is 9.48 Å². The maximum absolute atomic E-state index is 11.4. The number of terminal acetylenes is 1. The number of anilines is 1. The Morgan fingerprint density at radius 2 is 2.44 bits per heavy atom. The summed E-state index contributed by atoms with van der Waals surface area (Å²) in [6.07, 6.45) is 10.8. The van der Waals surface area contributed by atoms with Crippen LogP contribution in [0.25, 0.3) is 0 Å². The Kier molecular flexibility index (Phi) is 4.93. The van der Waals surface area contributed by atoms with Crippen molar-refractivity contribution in [3.05, 3.63) is 12.4 Å². The zero-order valence-electron chi connectivity index (χ0n) is 9.15. The molecular weight excluding hydrogens is 204 g/mol. The molecule has 0 spiro atoms. The van der Waals surface area contributed by atoms with Gasteiger partial charge in [-0.25, -0.2) is 0 Å². The van der Waals surface area contributed by atoms with E-state index in [0.29, 0.717) is 12.2 Å². The van der Waals surface area contributed by atoms with Crippen LogP contribution >= 0.6 is 0 Å². The van der Waals surface area contributed by atoms with Gasteiger partial charge in [-0.2, -0.15) is 5.10 Å². The van der Waals surface area contributed by atoms with Crippen molar-refractivity contribution in [1.82, 2.24) is 15.1 Å². The molecule has 0 aliphatic rings. The third-order valence-electron chi connectivity index (χ3n) is 2.03. The van der Waals surface area contributed by atoms with E-state index in [9.17, 15) is 4.79 Å². The van der Waals surface area contributed by atoms with Gasteiger partial charge in [0.25, 0.3) is 0 Å². The molecular formula is C11H16N4O. The number of carbonyl (C=O) groups is 1. The van der Waals surface area contributed by atoms with E-state index in [1.807, 2.05) is 0 Å². The van der Waals surface area contributed by atoms with Gasteiger partial charge in [0.1, 0.15) is 6.54 Å². The fourth-order valence-electron chi connectivity index (χ4n) is 1.25. The summed E-state index contributed by atoms with van der Waals surface area (Å²) in [6, 6.07) is 0. The largest absolute Gasteiger partial charge is 0.396 e. The lowest BCUT2D eigenvalue weighted by atomic mass is 10.2. The zero-order valence-corrected chi connectivity index (χ0v) is 9.15. The second kappa shape index (κ2) is 6.51. The van der Waals surface area contributed by atoms with Crippen molar-refractivity contribution < 1.29 is 4.79 Å². The molecule has 3 N–H and O–H groups in total. The molecule has 0 aromatic carbocycles. The number of hydrogen-bond acceptors (Lipinski definition) is 3. The highest BCUT2D eigenvalue weighted by molar-refractivity contribution is 5.75. The lowest BCUT2D eigenvalue weighted by molar-refractivity contribution is -0.121. The van der Waals surface area contributed by atoms with Gasteiger partial charge in [-0.1, -0.05) is 0 Å². The van der Waals surface area contributed by atoms with Gasteiger partial charge < -0.3 is 11.1 Å². The number of nitrogens with two attached hydrogens (primary N) is 1. The van der Waals surface area contributed by atoms with Crippen molar-refractivity contribution >= 4 is 11.6 Å². The van der Waals surface area contributed by atoms with Crippen molar-refractivity contribution in [2.45, 2.75) is 25.8 Å². The predicted octanol–water partition coefficient (Wildman–Crippen LogP) is 0.385. The smallest absolute Gasteiger partial charge is 0.241 e. The molecule has 0 aliphatic heterocycles. The van der Waals surface area contributed by atoms with E-state index >= 15 is 0 Å². The molecule has 16 heavy (non-hydrogen) atoms. The lowest BCUT2D eigenvalue weighted by Crippen LogP contribution is -2.28. The maximum atomic E-state index is 11.4. The SMILES string of the molecule is C#CCCCCNC(=O)Cn1cc(N)cn1. The molecule has 0 bridgehead atoms. The Morgan fingerprint density at radius 1 is 1.62 bits per heavy atom. The summed E-state index contributed by atoms with van der Waals surface area (Å²) in [5, 5.41) is 6.71. The summed E-state index contributed by atoms with van der Waals surface area (Å²) < 4.78 is 1.51. The Bertz CT molecular complexity index is 378. The summed E-state index contributed by atoms with van der Waals surface area (Å²) in [4.78, 5) is 11.4. The zero-order chi connectivity index (χ0) is 11.8. The minimum absolute atomic E-state index is 0.0659. The van der Waals surface area contributed by atoms with Crippen LogP contribution in [0.5, 0.6) is 0 Å². The number of nitrogens with zero attached hydrogens (tertiary/aromatic N) is 2. The van der Waals surface area contributed by atoms with Crippen LogP contribution in [0.4, 0.5) is 5.69 Å². The van der Waals surface area contributed by atoms with E-state index < -0.39 is 0 Å². The number of rotatable bonds is 6. The van der Waals surface area contributed by atoms with Crippen molar-refractivity contribution in [2.24, 2.45) is 0 Å². The van der Waals surface area contributed by atoms with Crippen LogP contribution in [-0.2, 0) is 11.3 Å². The lowest BCUT2D eigenvalue weighted by Gasteiger charge is -2.04. The standard InChI is InChI=1S/C11H16N4O/c1-2-3-4-5-6-13-11(16)9-15-8-10(12)7-14-15/h1,7-8H,3-6,9,12H2,(H,13,16). The van der Waals surface area contributed by atoms with Crippen LogP contribution in [0, 0.1) is 12.3 Å². The molecule has 0 saturated heterocycles. The van der Waals surface area contributed by atoms with Crippen LogP contribution in [0.2, 0.25) is 0 Å². The van der Waals surface area contributed by atoms with Crippen molar-refractivity contribution in [3.63, 3.8) is 0 Å². The number of carbonyl (C=O) groups excluding carboxylic acids is 1. The number of amides is 1. The van der Waals surface area contributed by atoms with Gasteiger partial charge in [0, 0.05) is 19.2 Å². The minimum atomic E-state index is -0.0659. The Labute approximate surface area is 95.0 Å². The molecule has 5 nitrogen and oxygen atoms in total. The molecule has 0 atom stereocenters. The quantitative estimate of drug-likeness (QED) is 0.538.